The van der Waals surface area contributed by atoms with Crippen molar-refractivity contribution in [3.05, 3.63) is 54.0 Å². The summed E-state index contributed by atoms with van der Waals surface area (Å²) in [4.78, 5) is 12.8. The highest BCUT2D eigenvalue weighted by atomic mass is 127. The predicted molar refractivity (Wildman–Crippen MR) is 129 cm³/mol. The number of nitrogens with zero attached hydrogens (tertiary/aromatic N) is 4. The van der Waals surface area contributed by atoms with Gasteiger partial charge in [0.05, 0.1) is 14.2 Å². The number of ether oxygens (including phenoxy) is 2. The molecule has 9 nitrogen and oxygen atoms in total. The molecular weight excluding hydrogens is 511 g/mol. The fraction of sp³-hybridized carbons (Fsp3) is 0.333. The van der Waals surface area contributed by atoms with Gasteiger partial charge in [-0.3, -0.25) is 9.98 Å². The minimum Gasteiger partial charge on any atom is -0.493 e. The molecule has 0 radical (unpaired) electrons. The molecule has 2 heterocycles. The third kappa shape index (κ3) is 7.09. The summed E-state index contributed by atoms with van der Waals surface area (Å²) in [6.07, 6.45) is 3.12. The number of nitrogens with one attached hydrogen (secondary N) is 2. The molecule has 0 unspecified atom stereocenters. The Labute approximate surface area is 198 Å². The lowest BCUT2D eigenvalue weighted by Crippen LogP contribution is -2.39. The lowest BCUT2D eigenvalue weighted by atomic mass is 10.1. The van der Waals surface area contributed by atoms with Gasteiger partial charge in [-0.25, -0.2) is 0 Å². The highest BCUT2D eigenvalue weighted by molar-refractivity contribution is 14.0. The van der Waals surface area contributed by atoms with E-state index < -0.39 is 0 Å². The van der Waals surface area contributed by atoms with Crippen LogP contribution in [0.25, 0.3) is 11.6 Å². The summed E-state index contributed by atoms with van der Waals surface area (Å²) in [5, 5.41) is 10.5. The summed E-state index contributed by atoms with van der Waals surface area (Å²) in [5.41, 5.74) is 1.81. The molecule has 3 rings (SSSR count). The fourth-order valence-corrected chi connectivity index (χ4v) is 2.82. The van der Waals surface area contributed by atoms with Gasteiger partial charge in [0.1, 0.15) is 5.69 Å². The Balaban J connectivity index is 0.00000341. The second-order valence-electron chi connectivity index (χ2n) is 6.35. The van der Waals surface area contributed by atoms with Crippen LogP contribution in [0.2, 0.25) is 0 Å². The van der Waals surface area contributed by atoms with Crippen LogP contribution in [0.5, 0.6) is 11.5 Å². The lowest BCUT2D eigenvalue weighted by Gasteiger charge is -2.12. The monoisotopic (exact) mass is 538 g/mol. The number of guanidine groups is 1. The predicted octanol–water partition coefficient (Wildman–Crippen LogP) is 2.72. The number of methoxy groups -OCH3 is 2. The Morgan fingerprint density at radius 3 is 2.48 bits per heavy atom. The standard InChI is InChI=1S/C21H26N6O3.HI/c1-22-21(24-12-9-15-7-8-17(28-2)18(14-15)29-3)25-13-10-19-26-20(30-27-19)16-6-4-5-11-23-16;/h4-8,11,14H,9-10,12-13H2,1-3H3,(H2,22,24,25);1H. The first-order chi connectivity index (χ1) is 14.7. The fourth-order valence-electron chi connectivity index (χ4n) is 2.82. The molecule has 0 amide bonds. The molecule has 0 atom stereocenters. The first kappa shape index (κ1) is 24.4. The molecule has 0 spiro atoms. The molecule has 0 saturated carbocycles. The summed E-state index contributed by atoms with van der Waals surface area (Å²) in [7, 11) is 5.00. The van der Waals surface area contributed by atoms with Crippen LogP contribution in [0.3, 0.4) is 0 Å². The van der Waals surface area contributed by atoms with Gasteiger partial charge in [0, 0.05) is 32.8 Å². The molecular formula is C21H27IN6O3. The smallest absolute Gasteiger partial charge is 0.276 e. The first-order valence-electron chi connectivity index (χ1n) is 9.63. The summed E-state index contributed by atoms with van der Waals surface area (Å²) >= 11 is 0. The van der Waals surface area contributed by atoms with Crippen molar-refractivity contribution in [1.82, 2.24) is 25.8 Å². The van der Waals surface area contributed by atoms with E-state index >= 15 is 0 Å². The minimum atomic E-state index is 0. The quantitative estimate of drug-likeness (QED) is 0.244. The van der Waals surface area contributed by atoms with Gasteiger partial charge in [0.15, 0.2) is 23.3 Å². The van der Waals surface area contributed by atoms with E-state index in [-0.39, 0.29) is 24.0 Å². The molecule has 31 heavy (non-hydrogen) atoms. The molecule has 0 fully saturated rings. The second-order valence-corrected chi connectivity index (χ2v) is 6.35. The molecule has 10 heteroatoms. The van der Waals surface area contributed by atoms with Crippen LogP contribution in [0.1, 0.15) is 11.4 Å². The maximum atomic E-state index is 5.35. The molecule has 2 aromatic heterocycles. The summed E-state index contributed by atoms with van der Waals surface area (Å²) in [6, 6.07) is 11.5. The van der Waals surface area contributed by atoms with Gasteiger partial charge in [0.2, 0.25) is 0 Å². The number of hydrogen-bond donors (Lipinski definition) is 2. The number of benzene rings is 1. The van der Waals surface area contributed by atoms with E-state index in [1.165, 1.54) is 0 Å². The van der Waals surface area contributed by atoms with Gasteiger partial charge in [-0.1, -0.05) is 17.3 Å². The van der Waals surface area contributed by atoms with Crippen molar-refractivity contribution < 1.29 is 14.0 Å². The van der Waals surface area contributed by atoms with Crippen molar-refractivity contribution in [2.24, 2.45) is 4.99 Å². The summed E-state index contributed by atoms with van der Waals surface area (Å²) < 4.78 is 15.9. The number of aliphatic imine (C=N–C) groups is 1. The summed E-state index contributed by atoms with van der Waals surface area (Å²) in [5.74, 6) is 3.19. The molecule has 0 bridgehead atoms. The molecule has 0 aliphatic heterocycles. The molecule has 1 aromatic carbocycles. The summed E-state index contributed by atoms with van der Waals surface area (Å²) in [6.45, 7) is 1.35. The zero-order valence-corrected chi connectivity index (χ0v) is 20.1. The number of halogens is 1. The van der Waals surface area contributed by atoms with Crippen molar-refractivity contribution in [2.45, 2.75) is 12.8 Å². The first-order valence-corrected chi connectivity index (χ1v) is 9.63. The maximum absolute atomic E-state index is 5.35. The van der Waals surface area contributed by atoms with Crippen molar-refractivity contribution in [1.29, 1.82) is 0 Å². The van der Waals surface area contributed by atoms with Crippen molar-refractivity contribution in [3.8, 4) is 23.1 Å². The van der Waals surface area contributed by atoms with E-state index in [0.717, 1.165) is 30.0 Å². The number of aromatic nitrogens is 3. The van der Waals surface area contributed by atoms with Gasteiger partial charge >= 0.3 is 0 Å². The van der Waals surface area contributed by atoms with E-state index in [4.69, 9.17) is 14.0 Å². The van der Waals surface area contributed by atoms with E-state index in [1.54, 1.807) is 27.5 Å². The maximum Gasteiger partial charge on any atom is 0.276 e. The van der Waals surface area contributed by atoms with E-state index in [9.17, 15) is 0 Å². The van der Waals surface area contributed by atoms with E-state index in [0.29, 0.717) is 36.3 Å². The molecule has 0 aliphatic carbocycles. The zero-order valence-electron chi connectivity index (χ0n) is 17.8. The SMILES string of the molecule is CN=C(NCCc1ccc(OC)c(OC)c1)NCCc1noc(-c2ccccn2)n1.I. The third-order valence-electron chi connectivity index (χ3n) is 4.37. The topological polar surface area (TPSA) is 107 Å². The molecule has 166 valence electrons. The lowest BCUT2D eigenvalue weighted by molar-refractivity contribution is 0.354. The van der Waals surface area contributed by atoms with Gasteiger partial charge in [-0.15, -0.1) is 24.0 Å². The largest absolute Gasteiger partial charge is 0.493 e. The van der Waals surface area contributed by atoms with Crippen LogP contribution in [0, 0.1) is 0 Å². The highest BCUT2D eigenvalue weighted by Gasteiger charge is 2.09. The second kappa shape index (κ2) is 12.7. The van der Waals surface area contributed by atoms with Gasteiger partial charge in [-0.05, 0) is 36.2 Å². The van der Waals surface area contributed by atoms with Crippen molar-refractivity contribution >= 4 is 29.9 Å². The number of rotatable bonds is 9. The Morgan fingerprint density at radius 2 is 1.81 bits per heavy atom. The normalized spacial score (nSPS) is 10.9. The van der Waals surface area contributed by atoms with Crippen LogP contribution in [-0.4, -0.2) is 55.4 Å². The third-order valence-corrected chi connectivity index (χ3v) is 4.37. The van der Waals surface area contributed by atoms with Crippen LogP contribution < -0.4 is 20.1 Å². The van der Waals surface area contributed by atoms with Gasteiger partial charge < -0.3 is 24.6 Å². The van der Waals surface area contributed by atoms with Crippen molar-refractivity contribution in [2.75, 3.05) is 34.4 Å². The Morgan fingerprint density at radius 1 is 1.03 bits per heavy atom. The van der Waals surface area contributed by atoms with E-state index in [1.807, 2.05) is 36.4 Å². The Kier molecular flexibility index (Phi) is 10.0. The number of pyridine rings is 1. The van der Waals surface area contributed by atoms with Gasteiger partial charge in [-0.2, -0.15) is 4.98 Å². The highest BCUT2D eigenvalue weighted by Crippen LogP contribution is 2.27. The average Bonchev–Trinajstić information content (AvgIpc) is 3.27. The minimum absolute atomic E-state index is 0. The Hall–Kier alpha value is -2.89. The van der Waals surface area contributed by atoms with Crippen LogP contribution in [0.15, 0.2) is 52.1 Å². The molecule has 0 aliphatic rings. The molecule has 3 aromatic rings. The van der Waals surface area contributed by atoms with Crippen LogP contribution >= 0.6 is 24.0 Å². The van der Waals surface area contributed by atoms with E-state index in [2.05, 4.69) is 30.8 Å². The zero-order chi connectivity index (χ0) is 21.2. The van der Waals surface area contributed by atoms with Crippen LogP contribution in [0.4, 0.5) is 0 Å². The van der Waals surface area contributed by atoms with Crippen LogP contribution in [-0.2, 0) is 12.8 Å². The van der Waals surface area contributed by atoms with Crippen molar-refractivity contribution in [3.63, 3.8) is 0 Å². The number of hydrogen-bond acceptors (Lipinski definition) is 7. The Bertz CT molecular complexity index is 965. The molecule has 2 N–H and O–H groups in total. The molecule has 0 saturated heterocycles. The van der Waals surface area contributed by atoms with Gasteiger partial charge in [0.25, 0.3) is 5.89 Å². The average molecular weight is 538 g/mol.